The molecule has 36 heavy (non-hydrogen) atoms. The molecular weight excluding hydrogens is 478 g/mol. The number of nitrogens with zero attached hydrogens (tertiary/aromatic N) is 1. The largest absolute Gasteiger partial charge is 0.497 e. The quantitative estimate of drug-likeness (QED) is 0.399. The maximum atomic E-state index is 12.9. The summed E-state index contributed by atoms with van der Waals surface area (Å²) in [7, 11) is 4.85. The number of hydrogen-bond donors (Lipinski definition) is 2. The number of pyridine rings is 1. The smallest absolute Gasteiger partial charge is 0.253 e. The molecule has 2 N–H and O–H groups in total. The number of aromatic amines is 1. The van der Waals surface area contributed by atoms with E-state index in [0.29, 0.717) is 54.0 Å². The van der Waals surface area contributed by atoms with Gasteiger partial charge in [0.05, 0.1) is 39.5 Å². The summed E-state index contributed by atoms with van der Waals surface area (Å²) in [4.78, 5) is 18.0. The van der Waals surface area contributed by atoms with Crippen LogP contribution in [0.5, 0.6) is 17.2 Å². The van der Waals surface area contributed by atoms with Gasteiger partial charge in [0.15, 0.2) is 16.6 Å². The van der Waals surface area contributed by atoms with Crippen LogP contribution in [0.1, 0.15) is 24.0 Å². The van der Waals surface area contributed by atoms with Crippen molar-refractivity contribution in [1.29, 1.82) is 0 Å². The lowest BCUT2D eigenvalue weighted by Crippen LogP contribution is -2.43. The number of hydrogen-bond acceptors (Lipinski definition) is 6. The molecule has 1 fully saturated rings. The Morgan fingerprint density at radius 2 is 1.94 bits per heavy atom. The van der Waals surface area contributed by atoms with Crippen LogP contribution >= 0.6 is 12.2 Å². The number of methoxy groups -OCH3 is 3. The van der Waals surface area contributed by atoms with Crippen LogP contribution in [-0.4, -0.2) is 62.1 Å². The van der Waals surface area contributed by atoms with Gasteiger partial charge in [-0.1, -0.05) is 6.07 Å². The summed E-state index contributed by atoms with van der Waals surface area (Å²) in [5.74, 6) is 2.06. The second-order valence-electron chi connectivity index (χ2n) is 8.76. The first-order valence-corrected chi connectivity index (χ1v) is 12.5. The van der Waals surface area contributed by atoms with Crippen molar-refractivity contribution in [2.24, 2.45) is 0 Å². The second kappa shape index (κ2) is 12.1. The highest BCUT2D eigenvalue weighted by atomic mass is 32.1. The van der Waals surface area contributed by atoms with Crippen molar-refractivity contribution in [2.75, 3.05) is 41.0 Å². The molecule has 0 aliphatic carbocycles. The molecule has 0 spiro atoms. The molecule has 0 unspecified atom stereocenters. The Labute approximate surface area is 216 Å². The first-order chi connectivity index (χ1) is 17.5. The van der Waals surface area contributed by atoms with Gasteiger partial charge in [0, 0.05) is 31.3 Å². The summed E-state index contributed by atoms with van der Waals surface area (Å²) >= 11 is 5.77. The third-order valence-electron chi connectivity index (χ3n) is 6.40. The lowest BCUT2D eigenvalue weighted by atomic mass is 10.1. The van der Waals surface area contributed by atoms with Crippen molar-refractivity contribution in [1.82, 2.24) is 15.2 Å². The average molecular weight is 512 g/mol. The van der Waals surface area contributed by atoms with Crippen LogP contribution in [-0.2, 0) is 17.7 Å². The molecule has 192 valence electrons. The topological polar surface area (TPSA) is 85.0 Å². The van der Waals surface area contributed by atoms with E-state index in [1.165, 1.54) is 0 Å². The van der Waals surface area contributed by atoms with Gasteiger partial charge in [0.25, 0.3) is 5.56 Å². The maximum absolute atomic E-state index is 12.9. The van der Waals surface area contributed by atoms with Crippen LogP contribution in [0.4, 0.5) is 0 Å². The molecule has 8 nitrogen and oxygen atoms in total. The molecule has 0 radical (unpaired) electrons. The molecule has 1 saturated heterocycles. The lowest BCUT2D eigenvalue weighted by molar-refractivity contribution is 0.113. The third kappa shape index (κ3) is 6.27. The minimum absolute atomic E-state index is 0.145. The van der Waals surface area contributed by atoms with Crippen LogP contribution in [0.25, 0.3) is 10.9 Å². The van der Waals surface area contributed by atoms with Gasteiger partial charge >= 0.3 is 0 Å². The maximum Gasteiger partial charge on any atom is 0.253 e. The summed E-state index contributed by atoms with van der Waals surface area (Å²) in [6.45, 7) is 2.44. The summed E-state index contributed by atoms with van der Waals surface area (Å²) < 4.78 is 21.8. The van der Waals surface area contributed by atoms with E-state index in [-0.39, 0.29) is 11.7 Å². The highest BCUT2D eigenvalue weighted by Crippen LogP contribution is 2.28. The second-order valence-corrected chi connectivity index (χ2v) is 9.15. The number of thiocarbonyl (C=S) groups is 1. The zero-order valence-corrected chi connectivity index (χ0v) is 21.8. The van der Waals surface area contributed by atoms with Gasteiger partial charge in [-0.2, -0.15) is 0 Å². The summed E-state index contributed by atoms with van der Waals surface area (Å²) in [5, 5.41) is 4.88. The van der Waals surface area contributed by atoms with Crippen molar-refractivity contribution in [3.63, 3.8) is 0 Å². The Bertz CT molecular complexity index is 1260. The van der Waals surface area contributed by atoms with Gasteiger partial charge in [-0.3, -0.25) is 4.79 Å². The number of aromatic nitrogens is 1. The molecule has 1 atom stereocenters. The lowest BCUT2D eigenvalue weighted by Gasteiger charge is -2.27. The van der Waals surface area contributed by atoms with E-state index >= 15 is 0 Å². The highest BCUT2D eigenvalue weighted by Gasteiger charge is 2.19. The van der Waals surface area contributed by atoms with Gasteiger partial charge < -0.3 is 34.1 Å². The standard InChI is InChI=1S/C27H33N3O5S/c1-32-21-8-7-19-14-20(26(31)29-23(19)15-21)17-30(27(36)28-16-22-5-4-12-35-22)11-10-18-6-9-24(33-2)25(13-18)34-3/h6-9,13-15,22H,4-5,10-12,16-17H2,1-3H3,(H,28,36)(H,29,31)/t22-/m0/s1. The SMILES string of the molecule is COc1ccc2cc(CN(CCc3ccc(OC)c(OC)c3)C(=S)NC[C@@H]3CCCO3)c(=O)[nH]c2c1. The molecule has 0 bridgehead atoms. The van der Waals surface area contributed by atoms with E-state index in [0.717, 1.165) is 35.9 Å². The molecular formula is C27H33N3O5S. The predicted molar refractivity (Wildman–Crippen MR) is 144 cm³/mol. The molecule has 9 heteroatoms. The molecule has 0 amide bonds. The number of rotatable bonds is 10. The summed E-state index contributed by atoms with van der Waals surface area (Å²) in [6.07, 6.45) is 2.97. The molecule has 4 rings (SSSR count). The van der Waals surface area contributed by atoms with E-state index < -0.39 is 0 Å². The average Bonchev–Trinajstić information content (AvgIpc) is 3.43. The van der Waals surface area contributed by atoms with E-state index in [1.54, 1.807) is 21.3 Å². The number of benzene rings is 2. The van der Waals surface area contributed by atoms with Crippen molar-refractivity contribution in [3.05, 3.63) is 63.9 Å². The minimum atomic E-state index is -0.145. The van der Waals surface area contributed by atoms with Crippen molar-refractivity contribution >= 4 is 28.2 Å². The molecule has 2 heterocycles. The molecule has 2 aromatic carbocycles. The van der Waals surface area contributed by atoms with E-state index in [2.05, 4.69) is 10.3 Å². The van der Waals surface area contributed by atoms with Crippen LogP contribution in [0.3, 0.4) is 0 Å². The Morgan fingerprint density at radius 3 is 2.67 bits per heavy atom. The summed E-state index contributed by atoms with van der Waals surface area (Å²) in [5.41, 5.74) is 2.31. The van der Waals surface area contributed by atoms with Crippen LogP contribution in [0, 0.1) is 0 Å². The number of ether oxygens (including phenoxy) is 4. The Hall–Kier alpha value is -3.30. The van der Waals surface area contributed by atoms with Gasteiger partial charge in [-0.25, -0.2) is 0 Å². The Morgan fingerprint density at radius 1 is 1.11 bits per heavy atom. The number of nitrogens with one attached hydrogen (secondary N) is 2. The van der Waals surface area contributed by atoms with E-state index in [1.807, 2.05) is 47.4 Å². The summed E-state index contributed by atoms with van der Waals surface area (Å²) in [6, 6.07) is 13.4. The fourth-order valence-corrected chi connectivity index (χ4v) is 4.59. The molecule has 1 aliphatic heterocycles. The number of fused-ring (bicyclic) bond motifs is 1. The van der Waals surface area contributed by atoms with E-state index in [9.17, 15) is 4.79 Å². The molecule has 0 saturated carbocycles. The Balaban J connectivity index is 1.53. The molecule has 1 aliphatic rings. The predicted octanol–water partition coefficient (Wildman–Crippen LogP) is 3.65. The van der Waals surface area contributed by atoms with Crippen molar-refractivity contribution in [3.8, 4) is 17.2 Å². The zero-order chi connectivity index (χ0) is 25.5. The fraction of sp³-hybridized carbons (Fsp3) is 0.407. The van der Waals surface area contributed by atoms with E-state index in [4.69, 9.17) is 31.2 Å². The van der Waals surface area contributed by atoms with Crippen molar-refractivity contribution < 1.29 is 18.9 Å². The fourth-order valence-electron chi connectivity index (χ4n) is 4.35. The first kappa shape index (κ1) is 25.8. The van der Waals surface area contributed by atoms with Gasteiger partial charge in [0.2, 0.25) is 0 Å². The number of H-pyrrole nitrogens is 1. The van der Waals surface area contributed by atoms with Crippen molar-refractivity contribution in [2.45, 2.75) is 31.9 Å². The Kier molecular flexibility index (Phi) is 8.66. The molecule has 3 aromatic rings. The third-order valence-corrected chi connectivity index (χ3v) is 6.80. The zero-order valence-electron chi connectivity index (χ0n) is 21.0. The van der Waals surface area contributed by atoms with Gasteiger partial charge in [0.1, 0.15) is 5.75 Å². The molecule has 1 aromatic heterocycles. The van der Waals surface area contributed by atoms with Crippen LogP contribution in [0.2, 0.25) is 0 Å². The highest BCUT2D eigenvalue weighted by molar-refractivity contribution is 7.80. The first-order valence-electron chi connectivity index (χ1n) is 12.1. The monoisotopic (exact) mass is 511 g/mol. The van der Waals surface area contributed by atoms with Crippen LogP contribution < -0.4 is 25.1 Å². The van der Waals surface area contributed by atoms with Crippen LogP contribution in [0.15, 0.2) is 47.3 Å². The van der Waals surface area contributed by atoms with Gasteiger partial charge in [-0.15, -0.1) is 0 Å². The van der Waals surface area contributed by atoms with Gasteiger partial charge in [-0.05, 0) is 72.8 Å². The minimum Gasteiger partial charge on any atom is -0.497 e. The normalized spacial score (nSPS) is 15.0.